The Morgan fingerprint density at radius 3 is 2.00 bits per heavy atom. The van der Waals surface area contributed by atoms with Crippen molar-refractivity contribution in [3.05, 3.63) is 29.8 Å². The Balaban J connectivity index is 1.61. The molecule has 2 fully saturated rings. The van der Waals surface area contributed by atoms with Gasteiger partial charge < -0.3 is 9.80 Å². The molecule has 0 aromatic heterocycles. The summed E-state index contributed by atoms with van der Waals surface area (Å²) in [6.07, 6.45) is -3.13. The van der Waals surface area contributed by atoms with E-state index >= 15 is 0 Å². The maximum atomic E-state index is 13.0. The molecule has 0 spiro atoms. The summed E-state index contributed by atoms with van der Waals surface area (Å²) in [5, 5.41) is 0. The Hall–Kier alpha value is -2.14. The summed E-state index contributed by atoms with van der Waals surface area (Å²) >= 11 is 0. The van der Waals surface area contributed by atoms with E-state index in [1.807, 2.05) is 20.8 Å². The first-order chi connectivity index (χ1) is 15.2. The molecule has 1 aromatic rings. The van der Waals surface area contributed by atoms with E-state index in [2.05, 4.69) is 0 Å². The van der Waals surface area contributed by atoms with E-state index in [1.54, 1.807) is 9.80 Å². The highest BCUT2D eigenvalue weighted by Crippen LogP contribution is 2.30. The number of rotatable bonds is 3. The lowest BCUT2D eigenvalue weighted by Crippen LogP contribution is -2.54. The van der Waals surface area contributed by atoms with Gasteiger partial charge in [-0.2, -0.15) is 17.5 Å². The number of benzene rings is 1. The van der Waals surface area contributed by atoms with E-state index in [9.17, 15) is 31.2 Å². The molecule has 2 amide bonds. The Kier molecular flexibility index (Phi) is 7.14. The van der Waals surface area contributed by atoms with E-state index < -0.39 is 27.2 Å². The Labute approximate surface area is 192 Å². The van der Waals surface area contributed by atoms with Gasteiger partial charge in [-0.3, -0.25) is 9.59 Å². The minimum absolute atomic E-state index is 0.00690. The van der Waals surface area contributed by atoms with Gasteiger partial charge >= 0.3 is 6.18 Å². The number of amides is 2. The Morgan fingerprint density at radius 2 is 1.48 bits per heavy atom. The molecule has 3 rings (SSSR count). The van der Waals surface area contributed by atoms with Gasteiger partial charge in [0.2, 0.25) is 21.8 Å². The first-order valence-corrected chi connectivity index (χ1v) is 12.4. The van der Waals surface area contributed by atoms with Crippen LogP contribution in [0, 0.1) is 11.3 Å². The van der Waals surface area contributed by atoms with E-state index in [0.717, 1.165) is 30.7 Å². The highest BCUT2D eigenvalue weighted by Gasteiger charge is 2.37. The summed E-state index contributed by atoms with van der Waals surface area (Å²) in [5.74, 6) is -0.399. The van der Waals surface area contributed by atoms with Gasteiger partial charge in [-0.1, -0.05) is 20.8 Å². The van der Waals surface area contributed by atoms with Gasteiger partial charge in [-0.25, -0.2) is 8.42 Å². The van der Waals surface area contributed by atoms with Crippen molar-refractivity contribution in [1.82, 2.24) is 14.1 Å². The molecular formula is C22H30F3N3O4S. The van der Waals surface area contributed by atoms with Crippen molar-refractivity contribution in [2.24, 2.45) is 11.3 Å². The van der Waals surface area contributed by atoms with E-state index in [4.69, 9.17) is 0 Å². The summed E-state index contributed by atoms with van der Waals surface area (Å²) in [6, 6.07) is 3.41. The molecule has 1 aromatic carbocycles. The fourth-order valence-corrected chi connectivity index (χ4v) is 5.63. The second-order valence-electron chi connectivity index (χ2n) is 9.59. The molecule has 0 radical (unpaired) electrons. The molecule has 2 saturated heterocycles. The number of piperazine rings is 1. The predicted molar refractivity (Wildman–Crippen MR) is 116 cm³/mol. The van der Waals surface area contributed by atoms with Gasteiger partial charge in [0, 0.05) is 44.7 Å². The van der Waals surface area contributed by atoms with Crippen LogP contribution in [0.1, 0.15) is 39.2 Å². The van der Waals surface area contributed by atoms with Crippen molar-refractivity contribution in [2.75, 3.05) is 39.3 Å². The van der Waals surface area contributed by atoms with Crippen LogP contribution >= 0.6 is 0 Å². The number of nitrogens with zero attached hydrogens (tertiary/aromatic N) is 3. The monoisotopic (exact) mass is 489 g/mol. The van der Waals surface area contributed by atoms with E-state index in [-0.39, 0.29) is 48.8 Å². The number of likely N-dealkylation sites (tertiary alicyclic amines) is 1. The number of piperidine rings is 1. The predicted octanol–water partition coefficient (Wildman–Crippen LogP) is 2.82. The second kappa shape index (κ2) is 9.25. The molecule has 2 aliphatic heterocycles. The lowest BCUT2D eigenvalue weighted by atomic mass is 9.90. The molecule has 1 atom stereocenters. The average molecular weight is 490 g/mol. The molecule has 33 heavy (non-hydrogen) atoms. The molecule has 0 bridgehead atoms. The zero-order valence-corrected chi connectivity index (χ0v) is 19.9. The third kappa shape index (κ3) is 5.68. The van der Waals surface area contributed by atoms with Crippen molar-refractivity contribution in [1.29, 1.82) is 0 Å². The number of carbonyl (C=O) groups excluding carboxylic acids is 2. The normalized spacial score (nSPS) is 21.2. The van der Waals surface area contributed by atoms with Gasteiger partial charge in [-0.15, -0.1) is 0 Å². The minimum atomic E-state index is -4.54. The Morgan fingerprint density at radius 1 is 0.909 bits per heavy atom. The second-order valence-corrected chi connectivity index (χ2v) is 11.5. The minimum Gasteiger partial charge on any atom is -0.341 e. The van der Waals surface area contributed by atoms with Crippen LogP contribution in [0.5, 0.6) is 0 Å². The summed E-state index contributed by atoms with van der Waals surface area (Å²) in [5.41, 5.74) is -1.44. The standard InChI is InChI=1S/C22H30F3N3O4S/c1-21(2,3)20(30)27-10-4-5-16(15-27)19(29)26-11-13-28(14-12-26)33(31,32)18-8-6-17(7-9-18)22(23,24)25/h6-9,16H,4-5,10-15H2,1-3H3. The molecule has 7 nitrogen and oxygen atoms in total. The van der Waals surface area contributed by atoms with Crippen LogP contribution in [-0.2, 0) is 25.8 Å². The summed E-state index contributed by atoms with van der Waals surface area (Å²) < 4.78 is 65.1. The summed E-state index contributed by atoms with van der Waals surface area (Å²) in [6.45, 7) is 7.03. The van der Waals surface area contributed by atoms with Crippen LogP contribution < -0.4 is 0 Å². The third-order valence-electron chi connectivity index (χ3n) is 6.07. The smallest absolute Gasteiger partial charge is 0.341 e. The van der Waals surface area contributed by atoms with Gasteiger partial charge in [0.15, 0.2) is 0 Å². The van der Waals surface area contributed by atoms with Crippen LogP contribution in [0.3, 0.4) is 0 Å². The van der Waals surface area contributed by atoms with Crippen LogP contribution in [0.4, 0.5) is 13.2 Å². The lowest BCUT2D eigenvalue weighted by Gasteiger charge is -2.39. The molecule has 0 saturated carbocycles. The fourth-order valence-electron chi connectivity index (χ4n) is 4.21. The van der Waals surface area contributed by atoms with E-state index in [1.165, 1.54) is 4.31 Å². The number of hydrogen-bond acceptors (Lipinski definition) is 4. The van der Waals surface area contributed by atoms with Gasteiger partial charge in [0.1, 0.15) is 0 Å². The van der Waals surface area contributed by atoms with E-state index in [0.29, 0.717) is 19.5 Å². The van der Waals surface area contributed by atoms with Gasteiger partial charge in [0.25, 0.3) is 0 Å². The van der Waals surface area contributed by atoms with Crippen molar-refractivity contribution >= 4 is 21.8 Å². The summed E-state index contributed by atoms with van der Waals surface area (Å²) in [4.78, 5) is 28.8. The SMILES string of the molecule is CC(C)(C)C(=O)N1CCCC(C(=O)N2CCN(S(=O)(=O)c3ccc(C(F)(F)F)cc3)CC2)C1. The zero-order chi connectivity index (χ0) is 24.6. The van der Waals surface area contributed by atoms with Crippen molar-refractivity contribution < 1.29 is 31.2 Å². The van der Waals surface area contributed by atoms with Crippen LogP contribution in [0.25, 0.3) is 0 Å². The lowest BCUT2D eigenvalue weighted by molar-refractivity contribution is -0.146. The molecule has 0 aliphatic carbocycles. The number of sulfonamides is 1. The van der Waals surface area contributed by atoms with Gasteiger partial charge in [0.05, 0.1) is 16.4 Å². The number of halogens is 3. The quantitative estimate of drug-likeness (QED) is 0.654. The van der Waals surface area contributed by atoms with Crippen LogP contribution in [-0.4, -0.2) is 73.6 Å². The fraction of sp³-hybridized carbons (Fsp3) is 0.636. The highest BCUT2D eigenvalue weighted by molar-refractivity contribution is 7.89. The summed E-state index contributed by atoms with van der Waals surface area (Å²) in [7, 11) is -3.96. The molecule has 1 unspecified atom stereocenters. The zero-order valence-electron chi connectivity index (χ0n) is 19.1. The highest BCUT2D eigenvalue weighted by atomic mass is 32.2. The molecule has 0 N–H and O–H groups in total. The number of alkyl halides is 3. The molecule has 2 aliphatic rings. The first kappa shape index (κ1) is 25.5. The van der Waals surface area contributed by atoms with Crippen LogP contribution in [0.15, 0.2) is 29.2 Å². The first-order valence-electron chi connectivity index (χ1n) is 11.0. The van der Waals surface area contributed by atoms with Crippen molar-refractivity contribution in [3.8, 4) is 0 Å². The maximum Gasteiger partial charge on any atom is 0.416 e. The van der Waals surface area contributed by atoms with Crippen molar-refractivity contribution in [2.45, 2.75) is 44.7 Å². The Bertz CT molecular complexity index is 980. The third-order valence-corrected chi connectivity index (χ3v) is 7.98. The number of carbonyl (C=O) groups is 2. The maximum absolute atomic E-state index is 13.0. The molecule has 11 heteroatoms. The average Bonchev–Trinajstić information content (AvgIpc) is 2.77. The largest absolute Gasteiger partial charge is 0.416 e. The number of hydrogen-bond donors (Lipinski definition) is 0. The van der Waals surface area contributed by atoms with Crippen LogP contribution in [0.2, 0.25) is 0 Å². The topological polar surface area (TPSA) is 78.0 Å². The van der Waals surface area contributed by atoms with Gasteiger partial charge in [-0.05, 0) is 37.1 Å². The molecule has 184 valence electrons. The molecule has 2 heterocycles. The van der Waals surface area contributed by atoms with Crippen molar-refractivity contribution in [3.63, 3.8) is 0 Å². The molecular weight excluding hydrogens is 459 g/mol.